The number of esters is 1. The summed E-state index contributed by atoms with van der Waals surface area (Å²) in [6.45, 7) is 4.92. The van der Waals surface area contributed by atoms with Crippen LogP contribution in [0.3, 0.4) is 0 Å². The number of carbonyl (C=O) groups excluding carboxylic acids is 2. The second-order valence-electron chi connectivity index (χ2n) is 25.6. The summed E-state index contributed by atoms with van der Waals surface area (Å²) in [5.41, 5.74) is 0. The first-order valence-electron chi connectivity index (χ1n) is 37.3. The summed E-state index contributed by atoms with van der Waals surface area (Å²) in [6.07, 6.45) is 92.3. The van der Waals surface area contributed by atoms with E-state index in [2.05, 4.69) is 43.5 Å². The Morgan fingerprint density at radius 1 is 0.341 bits per heavy atom. The van der Waals surface area contributed by atoms with E-state index in [4.69, 9.17) is 4.74 Å². The van der Waals surface area contributed by atoms with Gasteiger partial charge in [-0.05, 0) is 64.2 Å². The summed E-state index contributed by atoms with van der Waals surface area (Å²) in [6, 6.07) is -0.630. The molecule has 0 bridgehead atoms. The van der Waals surface area contributed by atoms with Gasteiger partial charge in [0.25, 0.3) is 0 Å². The van der Waals surface area contributed by atoms with Crippen molar-refractivity contribution in [1.82, 2.24) is 5.32 Å². The molecule has 2 unspecified atom stereocenters. The molecule has 0 aliphatic heterocycles. The maximum atomic E-state index is 12.5. The van der Waals surface area contributed by atoms with Crippen molar-refractivity contribution in [2.45, 2.75) is 424 Å². The van der Waals surface area contributed by atoms with E-state index in [1.54, 1.807) is 6.08 Å². The third kappa shape index (κ3) is 67.2. The molecule has 6 heteroatoms. The van der Waals surface area contributed by atoms with E-state index >= 15 is 0 Å². The Hall–Kier alpha value is -1.92. The summed E-state index contributed by atoms with van der Waals surface area (Å²) in [4.78, 5) is 24.7. The molecule has 6 nitrogen and oxygen atoms in total. The van der Waals surface area contributed by atoms with Crippen molar-refractivity contribution < 1.29 is 24.5 Å². The van der Waals surface area contributed by atoms with Crippen LogP contribution in [0, 0.1) is 0 Å². The lowest BCUT2D eigenvalue weighted by atomic mass is 10.0. The smallest absolute Gasteiger partial charge is 0.305 e. The Kier molecular flexibility index (Phi) is 69.9. The molecule has 0 saturated carbocycles. The van der Waals surface area contributed by atoms with Gasteiger partial charge in [0.15, 0.2) is 0 Å². The van der Waals surface area contributed by atoms with Gasteiger partial charge in [-0.25, -0.2) is 0 Å². The zero-order chi connectivity index (χ0) is 59.2. The van der Waals surface area contributed by atoms with Gasteiger partial charge in [-0.1, -0.05) is 371 Å². The average Bonchev–Trinajstić information content (AvgIpc) is 3.48. The maximum Gasteiger partial charge on any atom is 0.305 e. The van der Waals surface area contributed by atoms with E-state index < -0.39 is 12.1 Å². The molecule has 0 aliphatic carbocycles. The van der Waals surface area contributed by atoms with Gasteiger partial charge in [0.2, 0.25) is 5.91 Å². The molecule has 0 radical (unpaired) electrons. The molecule has 0 spiro atoms. The third-order valence-corrected chi connectivity index (χ3v) is 17.4. The van der Waals surface area contributed by atoms with E-state index in [9.17, 15) is 19.8 Å². The van der Waals surface area contributed by atoms with Crippen LogP contribution in [-0.4, -0.2) is 47.4 Å². The lowest BCUT2D eigenvalue weighted by Crippen LogP contribution is -2.45. The van der Waals surface area contributed by atoms with E-state index in [0.717, 1.165) is 51.4 Å². The Bertz CT molecular complexity index is 1330. The molecule has 0 heterocycles. The summed E-state index contributed by atoms with van der Waals surface area (Å²) in [5, 5.41) is 23.3. The first kappa shape index (κ1) is 80.1. The SMILES string of the molecule is CCCCC/C=C\C/C=C\CCCCCCCCCCCC(=O)OCCCCCCCCCCCCCCCCCCCCCCCCC(=O)NC(CO)C(O)/C=C/CCCCCCCCCCCCCCCCCCCCCCCC. The van der Waals surface area contributed by atoms with Crippen LogP contribution in [0.15, 0.2) is 36.5 Å². The number of allylic oxidation sites excluding steroid dienone is 5. The lowest BCUT2D eigenvalue weighted by molar-refractivity contribution is -0.143. The third-order valence-electron chi connectivity index (χ3n) is 17.4. The minimum Gasteiger partial charge on any atom is -0.466 e. The van der Waals surface area contributed by atoms with Crippen molar-refractivity contribution >= 4 is 11.9 Å². The van der Waals surface area contributed by atoms with E-state index in [1.165, 1.54) is 334 Å². The fourth-order valence-electron chi connectivity index (χ4n) is 11.7. The van der Waals surface area contributed by atoms with Crippen LogP contribution in [0.5, 0.6) is 0 Å². The van der Waals surface area contributed by atoms with Gasteiger partial charge in [-0.3, -0.25) is 9.59 Å². The second-order valence-corrected chi connectivity index (χ2v) is 25.6. The zero-order valence-electron chi connectivity index (χ0n) is 55.5. The molecule has 0 saturated heterocycles. The highest BCUT2D eigenvalue weighted by atomic mass is 16.5. The fraction of sp³-hybridized carbons (Fsp3) is 0.895. The topological polar surface area (TPSA) is 95.9 Å². The van der Waals surface area contributed by atoms with Crippen LogP contribution in [0.4, 0.5) is 0 Å². The van der Waals surface area contributed by atoms with Crippen molar-refractivity contribution in [2.24, 2.45) is 0 Å². The van der Waals surface area contributed by atoms with E-state index in [0.29, 0.717) is 19.4 Å². The number of unbranched alkanes of at least 4 members (excludes halogenated alkanes) is 55. The molecule has 0 fully saturated rings. The van der Waals surface area contributed by atoms with Crippen LogP contribution in [-0.2, 0) is 14.3 Å². The molecule has 0 aromatic carbocycles. The molecule has 2 atom stereocenters. The van der Waals surface area contributed by atoms with E-state index in [1.807, 2.05) is 6.08 Å². The molecular formula is C76H145NO5. The predicted molar refractivity (Wildman–Crippen MR) is 361 cm³/mol. The van der Waals surface area contributed by atoms with Crippen LogP contribution in [0.1, 0.15) is 412 Å². The standard InChI is InChI=1S/C76H145NO5/c1-3-5-7-9-11-13-15-17-19-21-23-24-25-26-29-33-36-40-44-48-52-56-60-64-68-74(79)73(72-78)77-75(80)69-65-61-57-53-49-45-41-37-34-30-27-28-31-35-39-43-47-51-55-59-63-67-71-82-76(81)70-66-62-58-54-50-46-42-38-32-22-20-18-16-14-12-10-8-6-4-2/h12,14,18,20,64,68,73-74,78-79H,3-11,13,15-17,19,21-63,65-67,69-72H2,1-2H3,(H,77,80)/b14-12-,20-18-,68-64+. The number of aliphatic hydroxyl groups is 2. The molecule has 0 rings (SSSR count). The van der Waals surface area contributed by atoms with Crippen molar-refractivity contribution in [3.05, 3.63) is 36.5 Å². The molecule has 1 amide bonds. The van der Waals surface area contributed by atoms with E-state index in [-0.39, 0.29) is 18.5 Å². The summed E-state index contributed by atoms with van der Waals surface area (Å²) in [7, 11) is 0. The number of nitrogens with one attached hydrogen (secondary N) is 1. The second kappa shape index (κ2) is 71.6. The van der Waals surface area contributed by atoms with Gasteiger partial charge in [0.05, 0.1) is 25.4 Å². The van der Waals surface area contributed by atoms with Crippen LogP contribution < -0.4 is 5.32 Å². The Labute approximate surface area is 513 Å². The van der Waals surface area contributed by atoms with Crippen molar-refractivity contribution in [3.63, 3.8) is 0 Å². The normalized spacial score (nSPS) is 12.7. The minimum absolute atomic E-state index is 0.00980. The fourth-order valence-corrected chi connectivity index (χ4v) is 11.7. The number of amides is 1. The van der Waals surface area contributed by atoms with Gasteiger partial charge in [-0.15, -0.1) is 0 Å². The molecule has 82 heavy (non-hydrogen) atoms. The van der Waals surface area contributed by atoms with Gasteiger partial charge in [-0.2, -0.15) is 0 Å². The monoisotopic (exact) mass is 1150 g/mol. The molecule has 484 valence electrons. The average molecular weight is 1150 g/mol. The molecular weight excluding hydrogens is 1010 g/mol. The zero-order valence-corrected chi connectivity index (χ0v) is 55.5. The van der Waals surface area contributed by atoms with Gasteiger partial charge < -0.3 is 20.3 Å². The quantitative estimate of drug-likeness (QED) is 0.0320. The number of hydrogen-bond donors (Lipinski definition) is 3. The predicted octanol–water partition coefficient (Wildman–Crippen LogP) is 24.3. The Morgan fingerprint density at radius 2 is 0.610 bits per heavy atom. The first-order chi connectivity index (χ1) is 40.5. The molecule has 0 aromatic heterocycles. The maximum absolute atomic E-state index is 12.5. The van der Waals surface area contributed by atoms with Gasteiger partial charge >= 0.3 is 5.97 Å². The van der Waals surface area contributed by atoms with Crippen molar-refractivity contribution in [1.29, 1.82) is 0 Å². The first-order valence-corrected chi connectivity index (χ1v) is 37.3. The lowest BCUT2D eigenvalue weighted by Gasteiger charge is -2.20. The Balaban J connectivity index is 3.40. The van der Waals surface area contributed by atoms with Crippen LogP contribution >= 0.6 is 0 Å². The number of ether oxygens (including phenoxy) is 1. The number of hydrogen-bond acceptors (Lipinski definition) is 5. The highest BCUT2D eigenvalue weighted by Gasteiger charge is 2.18. The number of aliphatic hydroxyl groups excluding tert-OH is 2. The highest BCUT2D eigenvalue weighted by molar-refractivity contribution is 5.76. The summed E-state index contributed by atoms with van der Waals surface area (Å²) < 4.78 is 5.51. The Morgan fingerprint density at radius 3 is 0.951 bits per heavy atom. The highest BCUT2D eigenvalue weighted by Crippen LogP contribution is 2.19. The van der Waals surface area contributed by atoms with Crippen molar-refractivity contribution in [2.75, 3.05) is 13.2 Å². The van der Waals surface area contributed by atoms with Crippen LogP contribution in [0.25, 0.3) is 0 Å². The molecule has 3 N–H and O–H groups in total. The molecule has 0 aliphatic rings. The minimum atomic E-state index is -0.847. The van der Waals surface area contributed by atoms with Gasteiger partial charge in [0.1, 0.15) is 0 Å². The summed E-state index contributed by atoms with van der Waals surface area (Å²) in [5.74, 6) is -0.0539. The largest absolute Gasteiger partial charge is 0.466 e. The summed E-state index contributed by atoms with van der Waals surface area (Å²) >= 11 is 0. The number of carbonyl (C=O) groups is 2. The van der Waals surface area contributed by atoms with Gasteiger partial charge in [0, 0.05) is 12.8 Å². The van der Waals surface area contributed by atoms with Crippen LogP contribution in [0.2, 0.25) is 0 Å². The van der Waals surface area contributed by atoms with Crippen molar-refractivity contribution in [3.8, 4) is 0 Å². The number of rotatable bonds is 70. The molecule has 0 aromatic rings.